The van der Waals surface area contributed by atoms with Crippen molar-refractivity contribution < 1.29 is 4.79 Å². The van der Waals surface area contributed by atoms with Gasteiger partial charge in [0.1, 0.15) is 0 Å². The van der Waals surface area contributed by atoms with Crippen molar-refractivity contribution in [3.63, 3.8) is 0 Å². The maximum Gasteiger partial charge on any atom is 0.194 e. The van der Waals surface area contributed by atoms with Gasteiger partial charge in [0.05, 0.1) is 0 Å². The fourth-order valence-corrected chi connectivity index (χ4v) is 2.38. The fourth-order valence-electron chi connectivity index (χ4n) is 2.10. The molecule has 1 aliphatic carbocycles. The van der Waals surface area contributed by atoms with E-state index in [1.807, 2.05) is 6.07 Å². The smallest absolute Gasteiger partial charge is 0.194 e. The van der Waals surface area contributed by atoms with E-state index >= 15 is 0 Å². The Labute approximate surface area is 97.7 Å². The van der Waals surface area contributed by atoms with Gasteiger partial charge in [0.2, 0.25) is 0 Å². The first-order valence-electron chi connectivity index (χ1n) is 4.91. The number of ketones is 1. The average Bonchev–Trinajstić information content (AvgIpc) is 2.55. The van der Waals surface area contributed by atoms with Gasteiger partial charge in [0.15, 0.2) is 5.78 Å². The van der Waals surface area contributed by atoms with Crippen LogP contribution < -0.4 is 5.73 Å². The van der Waals surface area contributed by atoms with Crippen LogP contribution >= 0.6 is 11.6 Å². The Morgan fingerprint density at radius 2 is 1.81 bits per heavy atom. The number of anilines is 1. The maximum atomic E-state index is 12.1. The molecule has 0 saturated carbocycles. The van der Waals surface area contributed by atoms with Crippen molar-refractivity contribution in [2.24, 2.45) is 0 Å². The predicted molar refractivity (Wildman–Crippen MR) is 64.7 cm³/mol. The molecule has 0 amide bonds. The number of nitrogens with two attached hydrogens (primary N) is 1. The van der Waals surface area contributed by atoms with Gasteiger partial charge in [0.25, 0.3) is 0 Å². The molecule has 2 aromatic rings. The van der Waals surface area contributed by atoms with Crippen LogP contribution in [0.3, 0.4) is 0 Å². The SMILES string of the molecule is Nc1ccc2c(c1)C(=O)c1cccc(Cl)c1-2. The van der Waals surface area contributed by atoms with Crippen molar-refractivity contribution in [3.8, 4) is 11.1 Å². The monoisotopic (exact) mass is 229 g/mol. The van der Waals surface area contributed by atoms with Crippen molar-refractivity contribution in [3.05, 3.63) is 52.5 Å². The number of benzene rings is 2. The van der Waals surface area contributed by atoms with Gasteiger partial charge in [-0.1, -0.05) is 29.8 Å². The Bertz CT molecular complexity index is 619. The number of hydrogen-bond acceptors (Lipinski definition) is 2. The molecular weight excluding hydrogens is 222 g/mol. The topological polar surface area (TPSA) is 43.1 Å². The van der Waals surface area contributed by atoms with Crippen LogP contribution in [0.5, 0.6) is 0 Å². The van der Waals surface area contributed by atoms with E-state index in [0.29, 0.717) is 21.8 Å². The molecule has 3 heteroatoms. The van der Waals surface area contributed by atoms with E-state index in [2.05, 4.69) is 0 Å². The molecule has 0 bridgehead atoms. The highest BCUT2D eigenvalue weighted by Crippen LogP contribution is 2.41. The third-order valence-corrected chi connectivity index (χ3v) is 3.13. The largest absolute Gasteiger partial charge is 0.399 e. The molecule has 0 saturated heterocycles. The summed E-state index contributed by atoms with van der Waals surface area (Å²) in [7, 11) is 0. The van der Waals surface area contributed by atoms with Gasteiger partial charge in [-0.25, -0.2) is 0 Å². The number of rotatable bonds is 0. The molecule has 2 aromatic carbocycles. The zero-order valence-electron chi connectivity index (χ0n) is 8.33. The van der Waals surface area contributed by atoms with Gasteiger partial charge < -0.3 is 5.73 Å². The second-order valence-electron chi connectivity index (χ2n) is 3.80. The highest BCUT2D eigenvalue weighted by atomic mass is 35.5. The first kappa shape index (κ1) is 9.43. The molecule has 2 nitrogen and oxygen atoms in total. The molecule has 78 valence electrons. The van der Waals surface area contributed by atoms with E-state index in [1.165, 1.54) is 0 Å². The van der Waals surface area contributed by atoms with E-state index in [0.717, 1.165) is 11.1 Å². The molecule has 0 fully saturated rings. The van der Waals surface area contributed by atoms with E-state index in [1.54, 1.807) is 30.3 Å². The minimum atomic E-state index is -0.000185. The van der Waals surface area contributed by atoms with Crippen LogP contribution in [0.1, 0.15) is 15.9 Å². The van der Waals surface area contributed by atoms with Gasteiger partial charge in [-0.05, 0) is 23.8 Å². The van der Waals surface area contributed by atoms with Crippen molar-refractivity contribution in [2.75, 3.05) is 5.73 Å². The molecule has 2 N–H and O–H groups in total. The van der Waals surface area contributed by atoms with E-state index in [9.17, 15) is 4.79 Å². The number of carbonyl (C=O) groups excluding carboxylic acids is 1. The van der Waals surface area contributed by atoms with Crippen LogP contribution in [0.2, 0.25) is 5.02 Å². The van der Waals surface area contributed by atoms with Crippen LogP contribution in [-0.2, 0) is 0 Å². The van der Waals surface area contributed by atoms with Crippen LogP contribution in [0, 0.1) is 0 Å². The number of fused-ring (bicyclic) bond motifs is 3. The summed E-state index contributed by atoms with van der Waals surface area (Å²) in [5.74, 6) is -0.000185. The number of hydrogen-bond donors (Lipinski definition) is 1. The standard InChI is InChI=1S/C13H8ClNO/c14-11-3-1-2-9-12(11)8-5-4-7(15)6-10(8)13(9)16/h1-6H,15H2. The predicted octanol–water partition coefficient (Wildman–Crippen LogP) is 3.13. The maximum absolute atomic E-state index is 12.1. The minimum absolute atomic E-state index is 0.000185. The summed E-state index contributed by atoms with van der Waals surface area (Å²) in [4.78, 5) is 12.1. The normalized spacial score (nSPS) is 12.4. The van der Waals surface area contributed by atoms with Crippen molar-refractivity contribution >= 4 is 23.1 Å². The third-order valence-electron chi connectivity index (χ3n) is 2.82. The molecule has 0 atom stereocenters. The second-order valence-corrected chi connectivity index (χ2v) is 4.20. The fraction of sp³-hybridized carbons (Fsp3) is 0. The number of nitrogen functional groups attached to an aromatic ring is 1. The quantitative estimate of drug-likeness (QED) is 0.602. The summed E-state index contributed by atoms with van der Waals surface area (Å²) < 4.78 is 0. The Morgan fingerprint density at radius 3 is 2.62 bits per heavy atom. The summed E-state index contributed by atoms with van der Waals surface area (Å²) >= 11 is 6.12. The van der Waals surface area contributed by atoms with Crippen molar-refractivity contribution in [1.82, 2.24) is 0 Å². The molecule has 16 heavy (non-hydrogen) atoms. The molecule has 0 radical (unpaired) electrons. The first-order chi connectivity index (χ1) is 7.68. The minimum Gasteiger partial charge on any atom is -0.399 e. The Morgan fingerprint density at radius 1 is 1.00 bits per heavy atom. The van der Waals surface area contributed by atoms with Gasteiger partial charge in [0, 0.05) is 27.4 Å². The van der Waals surface area contributed by atoms with Gasteiger partial charge in [-0.3, -0.25) is 4.79 Å². The zero-order valence-corrected chi connectivity index (χ0v) is 9.08. The Hall–Kier alpha value is -1.80. The average molecular weight is 230 g/mol. The van der Waals surface area contributed by atoms with Gasteiger partial charge >= 0.3 is 0 Å². The van der Waals surface area contributed by atoms with Crippen molar-refractivity contribution in [2.45, 2.75) is 0 Å². The Balaban J connectivity index is 2.41. The highest BCUT2D eigenvalue weighted by Gasteiger charge is 2.28. The lowest BCUT2D eigenvalue weighted by Crippen LogP contribution is -1.96. The molecule has 0 heterocycles. The van der Waals surface area contributed by atoms with Crippen LogP contribution in [0.25, 0.3) is 11.1 Å². The Kier molecular flexibility index (Phi) is 1.82. The highest BCUT2D eigenvalue weighted by molar-refractivity contribution is 6.36. The second kappa shape index (κ2) is 3.09. The molecule has 3 rings (SSSR count). The van der Waals surface area contributed by atoms with E-state index < -0.39 is 0 Å². The van der Waals surface area contributed by atoms with Gasteiger partial charge in [-0.2, -0.15) is 0 Å². The lowest BCUT2D eigenvalue weighted by atomic mass is 10.1. The summed E-state index contributed by atoms with van der Waals surface area (Å²) in [6.07, 6.45) is 0. The van der Waals surface area contributed by atoms with Crippen LogP contribution in [0.15, 0.2) is 36.4 Å². The third kappa shape index (κ3) is 1.11. The summed E-state index contributed by atoms with van der Waals surface area (Å²) in [6, 6.07) is 10.7. The first-order valence-corrected chi connectivity index (χ1v) is 5.29. The summed E-state index contributed by atoms with van der Waals surface area (Å²) in [6.45, 7) is 0. The van der Waals surface area contributed by atoms with E-state index in [4.69, 9.17) is 17.3 Å². The molecule has 1 aliphatic rings. The summed E-state index contributed by atoms with van der Waals surface area (Å²) in [5.41, 5.74) is 9.27. The molecule has 0 aliphatic heterocycles. The zero-order chi connectivity index (χ0) is 11.3. The van der Waals surface area contributed by atoms with Crippen LogP contribution in [0.4, 0.5) is 5.69 Å². The molecule has 0 spiro atoms. The number of carbonyl (C=O) groups is 1. The van der Waals surface area contributed by atoms with Crippen molar-refractivity contribution in [1.29, 1.82) is 0 Å². The summed E-state index contributed by atoms with van der Waals surface area (Å²) in [5, 5.41) is 0.606. The molecular formula is C13H8ClNO. The molecule has 0 aromatic heterocycles. The lowest BCUT2D eigenvalue weighted by molar-refractivity contribution is 0.104. The van der Waals surface area contributed by atoms with Crippen LogP contribution in [-0.4, -0.2) is 5.78 Å². The lowest BCUT2D eigenvalue weighted by Gasteiger charge is -2.02. The van der Waals surface area contributed by atoms with E-state index in [-0.39, 0.29) is 5.78 Å². The number of halogens is 1. The molecule has 0 unspecified atom stereocenters. The van der Waals surface area contributed by atoms with Gasteiger partial charge in [-0.15, -0.1) is 0 Å².